The van der Waals surface area contributed by atoms with Crippen molar-refractivity contribution < 1.29 is 28.1 Å². The lowest BCUT2D eigenvalue weighted by molar-refractivity contribution is -0.151. The van der Waals surface area contributed by atoms with Crippen LogP contribution in [0.5, 0.6) is 0 Å². The normalized spacial score (nSPS) is 14.5. The molecule has 3 N–H and O–H groups in total. The minimum Gasteiger partial charge on any atom is -0.459 e. The van der Waals surface area contributed by atoms with Gasteiger partial charge in [0.1, 0.15) is 30.3 Å². The maximum Gasteiger partial charge on any atom is 0.326 e. The van der Waals surface area contributed by atoms with Crippen molar-refractivity contribution in [3.63, 3.8) is 0 Å². The molecule has 0 saturated carbocycles. The summed E-state index contributed by atoms with van der Waals surface area (Å²) in [6.07, 6.45) is 2.27. The fraction of sp³-hybridized carbons (Fsp3) is 0.520. The summed E-state index contributed by atoms with van der Waals surface area (Å²) in [4.78, 5) is 25.3. The number of carbonyl (C=O) groups is 1. The van der Waals surface area contributed by atoms with Crippen LogP contribution in [0.3, 0.4) is 0 Å². The largest absolute Gasteiger partial charge is 0.459 e. The number of esters is 1. The second-order valence-electron chi connectivity index (χ2n) is 9.66. The van der Waals surface area contributed by atoms with Crippen LogP contribution >= 0.6 is 7.52 Å². The van der Waals surface area contributed by atoms with Gasteiger partial charge in [0.15, 0.2) is 11.5 Å². The summed E-state index contributed by atoms with van der Waals surface area (Å²) in [5, 5.41) is 2.87. The van der Waals surface area contributed by atoms with Gasteiger partial charge in [0.2, 0.25) is 0 Å². The summed E-state index contributed by atoms with van der Waals surface area (Å²) >= 11 is 0. The van der Waals surface area contributed by atoms with Crippen molar-refractivity contribution in [2.24, 2.45) is 0 Å². The maximum atomic E-state index is 13.8. The molecule has 0 aliphatic heterocycles. The Kier molecular flexibility index (Phi) is 10.3. The van der Waals surface area contributed by atoms with Gasteiger partial charge in [0, 0.05) is 0 Å². The number of nitrogens with two attached hydrogens (primary N) is 1. The molecule has 2 aromatic heterocycles. The van der Waals surface area contributed by atoms with E-state index in [-0.39, 0.29) is 38.1 Å². The first-order valence-electron chi connectivity index (χ1n) is 12.4. The van der Waals surface area contributed by atoms with Gasteiger partial charge in [-0.05, 0) is 40.2 Å². The average Bonchev–Trinajstić information content (AvgIpc) is 3.28. The molecular formula is C25H37N6O6P. The van der Waals surface area contributed by atoms with Crippen molar-refractivity contribution in [3.8, 4) is 0 Å². The van der Waals surface area contributed by atoms with Crippen molar-refractivity contribution in [1.29, 1.82) is 0 Å². The molecule has 3 aromatic rings. The van der Waals surface area contributed by atoms with Gasteiger partial charge < -0.3 is 29.0 Å². The number of rotatable bonds is 15. The Balaban J connectivity index is 1.64. The van der Waals surface area contributed by atoms with Gasteiger partial charge in [-0.15, -0.1) is 0 Å². The number of benzene rings is 1. The van der Waals surface area contributed by atoms with Crippen LogP contribution in [0.25, 0.3) is 11.2 Å². The number of carbonyl (C=O) groups excluding carboxylic acids is 1. The topological polar surface area (TPSA) is 153 Å². The number of ether oxygens (including phenoxy) is 3. The van der Waals surface area contributed by atoms with Crippen molar-refractivity contribution in [2.75, 3.05) is 25.3 Å². The lowest BCUT2D eigenvalue weighted by Crippen LogP contribution is -2.47. The molecule has 208 valence electrons. The van der Waals surface area contributed by atoms with Crippen molar-refractivity contribution in [3.05, 3.63) is 48.5 Å². The molecule has 0 fully saturated rings. The molecule has 0 radical (unpaired) electrons. The van der Waals surface area contributed by atoms with E-state index in [9.17, 15) is 9.36 Å². The SMILES string of the molecule is CC(C)OCCOP(=O)(CO[C@H](C)Cn1cnc2c(N)ncnc21)NC(C)(C)C(=O)OCc1ccccc1. The van der Waals surface area contributed by atoms with Gasteiger partial charge in [-0.25, -0.2) is 20.0 Å². The average molecular weight is 549 g/mol. The molecule has 13 heteroatoms. The molecule has 1 unspecified atom stereocenters. The number of aromatic nitrogens is 4. The zero-order valence-electron chi connectivity index (χ0n) is 22.5. The Morgan fingerprint density at radius 1 is 1.11 bits per heavy atom. The van der Waals surface area contributed by atoms with Gasteiger partial charge >= 0.3 is 5.97 Å². The highest BCUT2D eigenvalue weighted by Crippen LogP contribution is 2.45. The van der Waals surface area contributed by atoms with E-state index in [2.05, 4.69) is 20.0 Å². The number of hydrogen-bond acceptors (Lipinski definition) is 10. The summed E-state index contributed by atoms with van der Waals surface area (Å²) in [6, 6.07) is 9.32. The number of nitrogens with one attached hydrogen (secondary N) is 1. The molecule has 0 spiro atoms. The molecule has 3 rings (SSSR count). The number of nitrogen functional groups attached to an aromatic ring is 1. The highest BCUT2D eigenvalue weighted by Gasteiger charge is 2.38. The van der Waals surface area contributed by atoms with E-state index in [1.54, 1.807) is 24.7 Å². The molecule has 0 amide bonds. The first kappa shape index (κ1) is 29.7. The number of imidazole rings is 1. The number of hydrogen-bond donors (Lipinski definition) is 2. The predicted molar refractivity (Wildman–Crippen MR) is 143 cm³/mol. The minimum absolute atomic E-state index is 0.00512. The molecular weight excluding hydrogens is 511 g/mol. The first-order chi connectivity index (χ1) is 18.0. The second kappa shape index (κ2) is 13.3. The summed E-state index contributed by atoms with van der Waals surface area (Å²) in [5.41, 5.74) is 6.46. The van der Waals surface area contributed by atoms with Crippen LogP contribution in [-0.2, 0) is 41.2 Å². The third-order valence-corrected chi connectivity index (χ3v) is 7.41. The van der Waals surface area contributed by atoms with E-state index in [1.807, 2.05) is 51.1 Å². The zero-order chi connectivity index (χ0) is 27.8. The number of nitrogens with zero attached hydrogens (tertiary/aromatic N) is 4. The lowest BCUT2D eigenvalue weighted by atomic mass is 10.1. The van der Waals surface area contributed by atoms with Gasteiger partial charge in [-0.2, -0.15) is 0 Å². The van der Waals surface area contributed by atoms with E-state index >= 15 is 0 Å². The molecule has 2 heterocycles. The molecule has 12 nitrogen and oxygen atoms in total. The summed E-state index contributed by atoms with van der Waals surface area (Å²) in [5.74, 6) is -0.284. The number of fused-ring (bicyclic) bond motifs is 1. The zero-order valence-corrected chi connectivity index (χ0v) is 23.4. The molecule has 0 aliphatic carbocycles. The Bertz CT molecular complexity index is 1240. The Hall–Kier alpha value is -2.89. The monoisotopic (exact) mass is 548 g/mol. The van der Waals surface area contributed by atoms with E-state index in [0.717, 1.165) is 5.56 Å². The lowest BCUT2D eigenvalue weighted by Gasteiger charge is -2.30. The standard InChI is InChI=1S/C25H37N6O6P/c1-18(2)34-11-12-37-38(33,30-25(4,5)24(32)35-14-20-9-7-6-8-10-20)17-36-19(3)13-31-16-29-21-22(26)27-15-28-23(21)31/h6-10,15-16,18-19H,11-14,17H2,1-5H3,(H,30,33)(H2,26,27,28)/t19-,38?/m1/s1. The Morgan fingerprint density at radius 2 is 1.84 bits per heavy atom. The third-order valence-electron chi connectivity index (χ3n) is 5.42. The molecule has 2 atom stereocenters. The quantitative estimate of drug-likeness (QED) is 0.163. The van der Waals surface area contributed by atoms with Crippen LogP contribution in [0.15, 0.2) is 43.0 Å². The van der Waals surface area contributed by atoms with Crippen molar-refractivity contribution in [1.82, 2.24) is 24.6 Å². The van der Waals surface area contributed by atoms with Gasteiger partial charge in [0.05, 0.1) is 38.3 Å². The van der Waals surface area contributed by atoms with Crippen molar-refractivity contribution in [2.45, 2.75) is 65.5 Å². The summed E-state index contributed by atoms with van der Waals surface area (Å²) in [6.45, 7) is 9.54. The molecule has 0 aliphatic rings. The van der Waals surface area contributed by atoms with Crippen LogP contribution in [0.2, 0.25) is 0 Å². The van der Waals surface area contributed by atoms with Gasteiger partial charge in [-0.1, -0.05) is 30.3 Å². The van der Waals surface area contributed by atoms with E-state index in [1.165, 1.54) is 6.33 Å². The van der Waals surface area contributed by atoms with Crippen LogP contribution in [0.4, 0.5) is 5.82 Å². The first-order valence-corrected chi connectivity index (χ1v) is 14.2. The number of anilines is 1. The van der Waals surface area contributed by atoms with E-state index < -0.39 is 25.1 Å². The van der Waals surface area contributed by atoms with Crippen LogP contribution < -0.4 is 10.8 Å². The maximum absolute atomic E-state index is 13.8. The molecule has 1 aromatic carbocycles. The van der Waals surface area contributed by atoms with Crippen molar-refractivity contribution >= 4 is 30.5 Å². The molecule has 0 saturated heterocycles. The Morgan fingerprint density at radius 3 is 2.55 bits per heavy atom. The fourth-order valence-electron chi connectivity index (χ4n) is 3.53. The highest BCUT2D eigenvalue weighted by molar-refractivity contribution is 7.56. The highest BCUT2D eigenvalue weighted by atomic mass is 31.2. The summed E-state index contributed by atoms with van der Waals surface area (Å²) in [7, 11) is -3.67. The Labute approximate surface area is 222 Å². The van der Waals surface area contributed by atoms with Gasteiger partial charge in [0.25, 0.3) is 7.52 Å². The van der Waals surface area contributed by atoms with E-state index in [4.69, 9.17) is 24.5 Å². The third kappa shape index (κ3) is 8.57. The second-order valence-corrected chi connectivity index (χ2v) is 11.7. The minimum atomic E-state index is -3.67. The smallest absolute Gasteiger partial charge is 0.326 e. The molecule has 38 heavy (non-hydrogen) atoms. The van der Waals surface area contributed by atoms with Crippen LogP contribution in [0.1, 0.15) is 40.2 Å². The predicted octanol–water partition coefficient (Wildman–Crippen LogP) is 3.52. The van der Waals surface area contributed by atoms with Crippen LogP contribution in [-0.4, -0.2) is 62.8 Å². The van der Waals surface area contributed by atoms with Gasteiger partial charge in [-0.3, -0.25) is 9.36 Å². The van der Waals surface area contributed by atoms with E-state index in [0.29, 0.717) is 17.7 Å². The fourth-order valence-corrected chi connectivity index (χ4v) is 5.50. The summed E-state index contributed by atoms with van der Waals surface area (Å²) < 4.78 is 38.2. The molecule has 0 bridgehead atoms. The van der Waals surface area contributed by atoms with Crippen LogP contribution in [0, 0.1) is 0 Å².